The first kappa shape index (κ1) is 15.2. The molecule has 1 aliphatic heterocycles. The van der Waals surface area contributed by atoms with E-state index in [9.17, 15) is 0 Å². The van der Waals surface area contributed by atoms with Gasteiger partial charge in [0.15, 0.2) is 17.3 Å². The lowest BCUT2D eigenvalue weighted by Gasteiger charge is -2.27. The van der Waals surface area contributed by atoms with E-state index in [1.165, 1.54) is 44.1 Å². The molecule has 0 spiro atoms. The van der Waals surface area contributed by atoms with Gasteiger partial charge in [0.2, 0.25) is 12.7 Å². The summed E-state index contributed by atoms with van der Waals surface area (Å²) in [5.41, 5.74) is 1.23. The fourth-order valence-corrected chi connectivity index (χ4v) is 3.87. The predicted octanol–water partition coefficient (Wildman–Crippen LogP) is 3.62. The highest BCUT2D eigenvalue weighted by Gasteiger charge is 2.30. The van der Waals surface area contributed by atoms with Crippen LogP contribution >= 0.6 is 0 Å². The fraction of sp³-hybridized carbons (Fsp3) is 0.579. The molecule has 0 atom stereocenters. The number of hydrogen-bond donors (Lipinski definition) is 0. The molecule has 2 aromatic rings. The Morgan fingerprint density at radius 2 is 1.84 bits per heavy atom. The summed E-state index contributed by atoms with van der Waals surface area (Å²) in [6.45, 7) is 1.90. The first-order chi connectivity index (χ1) is 12.3. The van der Waals surface area contributed by atoms with Crippen LogP contribution in [0.4, 0.5) is 0 Å². The monoisotopic (exact) mass is 341 g/mol. The Bertz CT molecular complexity index is 750. The van der Waals surface area contributed by atoms with Gasteiger partial charge < -0.3 is 14.0 Å². The maximum atomic E-state index is 5.52. The van der Waals surface area contributed by atoms with Gasteiger partial charge in [-0.15, -0.1) is 0 Å². The maximum Gasteiger partial charge on any atom is 0.240 e. The van der Waals surface area contributed by atoms with Gasteiger partial charge in [-0.1, -0.05) is 24.1 Å². The standard InChI is InChI=1S/C19H23N3O3/c1-2-4-15(3-1)22(11-18-20-19(21-25-18)14-6-7-14)10-13-5-8-16-17(9-13)24-12-23-16/h5,8-9,14-15H,1-4,6-7,10-12H2. The predicted molar refractivity (Wildman–Crippen MR) is 90.3 cm³/mol. The number of aromatic nitrogens is 2. The Morgan fingerprint density at radius 1 is 1.00 bits per heavy atom. The molecule has 2 heterocycles. The van der Waals surface area contributed by atoms with Gasteiger partial charge in [0.05, 0.1) is 6.54 Å². The normalized spacial score (nSPS) is 19.9. The summed E-state index contributed by atoms with van der Waals surface area (Å²) in [5, 5.41) is 4.16. The van der Waals surface area contributed by atoms with Crippen LogP contribution in [0.3, 0.4) is 0 Å². The van der Waals surface area contributed by atoms with Crippen molar-refractivity contribution in [1.29, 1.82) is 0 Å². The van der Waals surface area contributed by atoms with Crippen LogP contribution in [0.5, 0.6) is 11.5 Å². The average Bonchev–Trinajstić information content (AvgIpc) is 3.07. The van der Waals surface area contributed by atoms with Gasteiger partial charge in [-0.3, -0.25) is 4.90 Å². The Hall–Kier alpha value is -2.08. The maximum absolute atomic E-state index is 5.52. The van der Waals surface area contributed by atoms with E-state index in [0.717, 1.165) is 36.3 Å². The molecule has 25 heavy (non-hydrogen) atoms. The molecule has 0 unspecified atom stereocenters. The Kier molecular flexibility index (Phi) is 3.85. The molecule has 3 aliphatic rings. The largest absolute Gasteiger partial charge is 0.454 e. The summed E-state index contributed by atoms with van der Waals surface area (Å²) in [6, 6.07) is 6.80. The molecule has 2 saturated carbocycles. The van der Waals surface area contributed by atoms with Gasteiger partial charge in [-0.2, -0.15) is 4.98 Å². The number of fused-ring (bicyclic) bond motifs is 1. The lowest BCUT2D eigenvalue weighted by molar-refractivity contribution is 0.157. The summed E-state index contributed by atoms with van der Waals surface area (Å²) >= 11 is 0. The summed E-state index contributed by atoms with van der Waals surface area (Å²) in [5.74, 6) is 3.85. The van der Waals surface area contributed by atoms with Crippen LogP contribution in [-0.2, 0) is 13.1 Å². The van der Waals surface area contributed by atoms with Gasteiger partial charge in [-0.05, 0) is 43.4 Å². The van der Waals surface area contributed by atoms with E-state index in [1.807, 2.05) is 6.07 Å². The van der Waals surface area contributed by atoms with E-state index >= 15 is 0 Å². The van der Waals surface area contributed by atoms with Crippen LogP contribution in [0.25, 0.3) is 0 Å². The summed E-state index contributed by atoms with van der Waals surface area (Å²) in [4.78, 5) is 7.10. The second-order valence-corrected chi connectivity index (χ2v) is 7.35. The number of benzene rings is 1. The van der Waals surface area contributed by atoms with Crippen molar-refractivity contribution in [2.24, 2.45) is 0 Å². The molecule has 2 fully saturated rings. The van der Waals surface area contributed by atoms with Crippen LogP contribution in [-0.4, -0.2) is 27.9 Å². The van der Waals surface area contributed by atoms with Gasteiger partial charge in [0, 0.05) is 18.5 Å². The summed E-state index contributed by atoms with van der Waals surface area (Å²) < 4.78 is 16.5. The van der Waals surface area contributed by atoms with Gasteiger partial charge >= 0.3 is 0 Å². The van der Waals surface area contributed by atoms with E-state index < -0.39 is 0 Å². The molecule has 0 N–H and O–H groups in total. The number of rotatable bonds is 6. The molecule has 5 rings (SSSR count). The van der Waals surface area contributed by atoms with Crippen LogP contribution in [0.1, 0.15) is 61.7 Å². The highest BCUT2D eigenvalue weighted by molar-refractivity contribution is 5.44. The molecule has 132 valence electrons. The lowest BCUT2D eigenvalue weighted by atomic mass is 10.1. The van der Waals surface area contributed by atoms with Crippen molar-refractivity contribution in [2.75, 3.05) is 6.79 Å². The zero-order valence-electron chi connectivity index (χ0n) is 14.3. The Balaban J connectivity index is 1.34. The van der Waals surface area contributed by atoms with E-state index in [0.29, 0.717) is 18.8 Å². The first-order valence-corrected chi connectivity index (χ1v) is 9.30. The smallest absolute Gasteiger partial charge is 0.240 e. The third-order valence-corrected chi connectivity index (χ3v) is 5.43. The molecule has 0 bridgehead atoms. The highest BCUT2D eigenvalue weighted by Crippen LogP contribution is 2.38. The van der Waals surface area contributed by atoms with Gasteiger partial charge in [-0.25, -0.2) is 0 Å². The van der Waals surface area contributed by atoms with Crippen molar-refractivity contribution in [3.8, 4) is 11.5 Å². The van der Waals surface area contributed by atoms with E-state index in [4.69, 9.17) is 14.0 Å². The molecule has 6 heteroatoms. The van der Waals surface area contributed by atoms with Crippen LogP contribution in [0.15, 0.2) is 22.7 Å². The quantitative estimate of drug-likeness (QED) is 0.800. The van der Waals surface area contributed by atoms with Crippen molar-refractivity contribution in [2.45, 2.75) is 63.6 Å². The minimum atomic E-state index is 0.317. The number of nitrogens with zero attached hydrogens (tertiary/aromatic N) is 3. The average molecular weight is 341 g/mol. The molecule has 0 amide bonds. The zero-order chi connectivity index (χ0) is 16.6. The van der Waals surface area contributed by atoms with Crippen molar-refractivity contribution in [3.63, 3.8) is 0 Å². The van der Waals surface area contributed by atoms with Gasteiger partial charge in [0.1, 0.15) is 0 Å². The van der Waals surface area contributed by atoms with E-state index in [1.54, 1.807) is 0 Å². The van der Waals surface area contributed by atoms with Crippen LogP contribution in [0.2, 0.25) is 0 Å². The second-order valence-electron chi connectivity index (χ2n) is 7.35. The molecular weight excluding hydrogens is 318 g/mol. The topological polar surface area (TPSA) is 60.6 Å². The van der Waals surface area contributed by atoms with E-state index in [-0.39, 0.29) is 0 Å². The highest BCUT2D eigenvalue weighted by atomic mass is 16.7. The van der Waals surface area contributed by atoms with Gasteiger partial charge in [0.25, 0.3) is 0 Å². The minimum Gasteiger partial charge on any atom is -0.454 e. The molecule has 0 radical (unpaired) electrons. The van der Waals surface area contributed by atoms with Crippen LogP contribution < -0.4 is 9.47 Å². The Labute approximate surface area is 147 Å². The SMILES string of the molecule is c1cc2c(cc1CN(Cc1nc(C3CC3)no1)C1CCCC1)OCO2. The fourth-order valence-electron chi connectivity index (χ4n) is 3.87. The second kappa shape index (κ2) is 6.33. The van der Waals surface area contributed by atoms with E-state index in [2.05, 4.69) is 27.2 Å². The molecule has 1 aromatic carbocycles. The van der Waals surface area contributed by atoms with Crippen molar-refractivity contribution in [3.05, 3.63) is 35.5 Å². The number of hydrogen-bond acceptors (Lipinski definition) is 6. The van der Waals surface area contributed by atoms with Crippen molar-refractivity contribution < 1.29 is 14.0 Å². The molecule has 0 saturated heterocycles. The summed E-state index contributed by atoms with van der Waals surface area (Å²) in [6.07, 6.45) is 7.49. The first-order valence-electron chi connectivity index (χ1n) is 9.30. The number of ether oxygens (including phenoxy) is 2. The molecular formula is C19H23N3O3. The third kappa shape index (κ3) is 3.23. The zero-order valence-corrected chi connectivity index (χ0v) is 14.3. The molecule has 6 nitrogen and oxygen atoms in total. The Morgan fingerprint density at radius 3 is 2.68 bits per heavy atom. The van der Waals surface area contributed by atoms with Crippen molar-refractivity contribution in [1.82, 2.24) is 15.0 Å². The lowest BCUT2D eigenvalue weighted by Crippen LogP contribution is -2.32. The molecule has 1 aromatic heterocycles. The van der Waals surface area contributed by atoms with Crippen LogP contribution in [0, 0.1) is 0 Å². The summed E-state index contributed by atoms with van der Waals surface area (Å²) in [7, 11) is 0. The molecule has 2 aliphatic carbocycles. The van der Waals surface area contributed by atoms with Crippen molar-refractivity contribution >= 4 is 0 Å². The minimum absolute atomic E-state index is 0.317. The third-order valence-electron chi connectivity index (χ3n) is 5.43.